The first-order chi connectivity index (χ1) is 14.5. The van der Waals surface area contributed by atoms with Gasteiger partial charge in [0, 0.05) is 30.2 Å². The minimum absolute atomic E-state index is 0.218. The summed E-state index contributed by atoms with van der Waals surface area (Å²) in [6.07, 6.45) is 1.88. The molecule has 3 aromatic rings. The van der Waals surface area contributed by atoms with Crippen molar-refractivity contribution in [2.24, 2.45) is 0 Å². The van der Waals surface area contributed by atoms with Crippen molar-refractivity contribution in [3.63, 3.8) is 0 Å². The summed E-state index contributed by atoms with van der Waals surface area (Å²) < 4.78 is 18.2. The molecule has 1 aliphatic heterocycles. The molecule has 0 aliphatic carbocycles. The highest BCUT2D eigenvalue weighted by Gasteiger charge is 2.34. The third-order valence-corrected chi connectivity index (χ3v) is 5.23. The number of halogens is 1. The van der Waals surface area contributed by atoms with Gasteiger partial charge in [0.05, 0.1) is 12.7 Å². The monoisotopic (exact) mass is 409 g/mol. The molecule has 2 heterocycles. The zero-order valence-electron chi connectivity index (χ0n) is 16.3. The third kappa shape index (κ3) is 3.76. The van der Waals surface area contributed by atoms with Gasteiger partial charge < -0.3 is 19.9 Å². The summed E-state index contributed by atoms with van der Waals surface area (Å²) in [5.74, 6) is -1.59. The predicted octanol–water partition coefficient (Wildman–Crippen LogP) is 2.42. The van der Waals surface area contributed by atoms with Gasteiger partial charge in [-0.05, 0) is 42.3 Å². The predicted molar refractivity (Wildman–Crippen MR) is 108 cm³/mol. The molecule has 0 bridgehead atoms. The smallest absolute Gasteiger partial charge is 0.293 e. The Morgan fingerprint density at radius 2 is 2.00 bits per heavy atom. The van der Waals surface area contributed by atoms with Crippen LogP contribution in [-0.4, -0.2) is 47.2 Å². The van der Waals surface area contributed by atoms with Gasteiger partial charge >= 0.3 is 0 Å². The number of aromatic amines is 1. The summed E-state index contributed by atoms with van der Waals surface area (Å²) in [4.78, 5) is 42.4. The number of carbonyl (C=O) groups is 3. The Bertz CT molecular complexity index is 1120. The van der Waals surface area contributed by atoms with Crippen LogP contribution < -0.4 is 10.1 Å². The normalized spacial score (nSPS) is 16.1. The first-order valence-electron chi connectivity index (χ1n) is 9.50. The largest absolute Gasteiger partial charge is 0.497 e. The van der Waals surface area contributed by atoms with Gasteiger partial charge in [0.1, 0.15) is 17.6 Å². The van der Waals surface area contributed by atoms with E-state index >= 15 is 0 Å². The van der Waals surface area contributed by atoms with E-state index in [1.807, 2.05) is 0 Å². The van der Waals surface area contributed by atoms with Crippen LogP contribution in [0, 0.1) is 5.82 Å². The molecule has 0 spiro atoms. The minimum Gasteiger partial charge on any atom is -0.497 e. The number of H-pyrrole nitrogens is 1. The quantitative estimate of drug-likeness (QED) is 0.483. The number of hydrogen-bond donors (Lipinski definition) is 2. The molecule has 4 rings (SSSR count). The highest BCUT2D eigenvalue weighted by Crippen LogP contribution is 2.24. The molecular formula is C22H20FN3O4. The lowest BCUT2D eigenvalue weighted by Crippen LogP contribution is -2.44. The number of carbonyl (C=O) groups excluding carboxylic acids is 3. The van der Waals surface area contributed by atoms with Crippen LogP contribution in [0.1, 0.15) is 22.3 Å². The molecule has 154 valence electrons. The molecule has 1 atom stereocenters. The summed E-state index contributed by atoms with van der Waals surface area (Å²) in [6.45, 7) is 0.765. The highest BCUT2D eigenvalue weighted by atomic mass is 19.1. The summed E-state index contributed by atoms with van der Waals surface area (Å²) in [7, 11) is 1.52. The Morgan fingerprint density at radius 1 is 1.23 bits per heavy atom. The number of nitrogens with one attached hydrogen (secondary N) is 2. The van der Waals surface area contributed by atoms with E-state index in [2.05, 4.69) is 10.3 Å². The van der Waals surface area contributed by atoms with Gasteiger partial charge in [0.25, 0.3) is 11.7 Å². The molecule has 2 amide bonds. The molecule has 1 fully saturated rings. The van der Waals surface area contributed by atoms with Crippen LogP contribution in [0.3, 0.4) is 0 Å². The summed E-state index contributed by atoms with van der Waals surface area (Å²) >= 11 is 0. The Morgan fingerprint density at radius 3 is 2.73 bits per heavy atom. The van der Waals surface area contributed by atoms with E-state index in [-0.39, 0.29) is 17.3 Å². The third-order valence-electron chi connectivity index (χ3n) is 5.23. The second kappa shape index (κ2) is 7.98. The second-order valence-corrected chi connectivity index (χ2v) is 7.14. The van der Waals surface area contributed by atoms with Gasteiger partial charge in [-0.25, -0.2) is 4.39 Å². The fourth-order valence-electron chi connectivity index (χ4n) is 3.60. The number of likely N-dealkylation sites (tertiary alicyclic amines) is 1. The molecular weight excluding hydrogens is 389 g/mol. The fourth-order valence-corrected chi connectivity index (χ4v) is 3.60. The number of aromatic nitrogens is 1. The lowest BCUT2D eigenvalue weighted by atomic mass is 10.1. The van der Waals surface area contributed by atoms with Crippen LogP contribution in [0.15, 0.2) is 48.7 Å². The van der Waals surface area contributed by atoms with Gasteiger partial charge in [0.2, 0.25) is 5.91 Å². The van der Waals surface area contributed by atoms with Gasteiger partial charge in [-0.15, -0.1) is 0 Å². The minimum atomic E-state index is -0.833. The van der Waals surface area contributed by atoms with Gasteiger partial charge in [-0.2, -0.15) is 0 Å². The zero-order valence-corrected chi connectivity index (χ0v) is 16.3. The molecule has 0 radical (unpaired) electrons. The average molecular weight is 409 g/mol. The van der Waals surface area contributed by atoms with Crippen molar-refractivity contribution in [2.75, 3.05) is 13.7 Å². The van der Waals surface area contributed by atoms with E-state index in [1.54, 1.807) is 35.2 Å². The summed E-state index contributed by atoms with van der Waals surface area (Å²) in [5.41, 5.74) is 1.71. The molecule has 1 unspecified atom stereocenters. The molecule has 7 nitrogen and oxygen atoms in total. The van der Waals surface area contributed by atoms with Crippen molar-refractivity contribution >= 4 is 28.5 Å². The van der Waals surface area contributed by atoms with E-state index in [4.69, 9.17) is 4.74 Å². The maximum Gasteiger partial charge on any atom is 0.293 e. The number of rotatable bonds is 6. The van der Waals surface area contributed by atoms with Gasteiger partial charge in [0.15, 0.2) is 0 Å². The van der Waals surface area contributed by atoms with Crippen LogP contribution in [0.25, 0.3) is 10.9 Å². The van der Waals surface area contributed by atoms with Gasteiger partial charge in [-0.1, -0.05) is 12.1 Å². The number of hydrogen-bond acceptors (Lipinski definition) is 4. The number of ketones is 1. The molecule has 0 saturated carbocycles. The van der Waals surface area contributed by atoms with Crippen molar-refractivity contribution in [1.29, 1.82) is 0 Å². The molecule has 2 aromatic carbocycles. The molecule has 8 heteroatoms. The van der Waals surface area contributed by atoms with Crippen LogP contribution >= 0.6 is 0 Å². The van der Waals surface area contributed by atoms with E-state index < -0.39 is 17.7 Å². The van der Waals surface area contributed by atoms with Crippen molar-refractivity contribution in [3.05, 3.63) is 65.6 Å². The van der Waals surface area contributed by atoms with Crippen molar-refractivity contribution < 1.29 is 23.5 Å². The number of Topliss-reactive ketones (excluding diaryl/α,β-unsaturated/α-hetero) is 1. The number of benzene rings is 2. The number of methoxy groups -OCH3 is 1. The van der Waals surface area contributed by atoms with Crippen LogP contribution in [0.4, 0.5) is 4.39 Å². The number of fused-ring (bicyclic) bond motifs is 1. The zero-order chi connectivity index (χ0) is 21.3. The number of nitrogens with zero attached hydrogens (tertiary/aromatic N) is 1. The maximum absolute atomic E-state index is 13.0. The summed E-state index contributed by atoms with van der Waals surface area (Å²) in [6, 6.07) is 10.3. The topological polar surface area (TPSA) is 91.5 Å². The van der Waals surface area contributed by atoms with Crippen molar-refractivity contribution in [3.8, 4) is 5.75 Å². The van der Waals surface area contributed by atoms with Crippen LogP contribution in [0.5, 0.6) is 5.75 Å². The molecule has 1 saturated heterocycles. The molecule has 2 N–H and O–H groups in total. The second-order valence-electron chi connectivity index (χ2n) is 7.14. The summed E-state index contributed by atoms with van der Waals surface area (Å²) in [5, 5.41) is 3.12. The first kappa shape index (κ1) is 19.6. The SMILES string of the molecule is COc1ccc2[nH]cc(C(=O)C(=O)NC3CCN(Cc4ccc(F)cc4)C3=O)c2c1. The number of amides is 2. The Hall–Kier alpha value is -3.68. The van der Waals surface area contributed by atoms with Crippen LogP contribution in [-0.2, 0) is 16.1 Å². The Labute approximate surface area is 171 Å². The fraction of sp³-hybridized carbons (Fsp3) is 0.227. The molecule has 1 aliphatic rings. The van der Waals surface area contributed by atoms with E-state index in [0.29, 0.717) is 36.2 Å². The lowest BCUT2D eigenvalue weighted by molar-refractivity contribution is -0.132. The molecule has 30 heavy (non-hydrogen) atoms. The maximum atomic E-state index is 13.0. The average Bonchev–Trinajstić information content (AvgIpc) is 3.32. The van der Waals surface area contributed by atoms with Crippen LogP contribution in [0.2, 0.25) is 0 Å². The Balaban J connectivity index is 1.43. The van der Waals surface area contributed by atoms with E-state index in [1.165, 1.54) is 25.4 Å². The van der Waals surface area contributed by atoms with Crippen molar-refractivity contribution in [2.45, 2.75) is 19.0 Å². The number of ether oxygens (including phenoxy) is 1. The standard InChI is InChI=1S/C22H20FN3O4/c1-30-15-6-7-18-16(10-15)17(11-24-18)20(27)21(28)25-19-8-9-26(22(19)29)12-13-2-4-14(23)5-3-13/h2-7,10-11,19,24H,8-9,12H2,1H3,(H,25,28). The van der Waals surface area contributed by atoms with E-state index in [9.17, 15) is 18.8 Å². The molecule has 1 aromatic heterocycles. The highest BCUT2D eigenvalue weighted by molar-refractivity contribution is 6.45. The van der Waals surface area contributed by atoms with E-state index in [0.717, 1.165) is 5.56 Å². The van der Waals surface area contributed by atoms with Crippen molar-refractivity contribution in [1.82, 2.24) is 15.2 Å². The first-order valence-corrected chi connectivity index (χ1v) is 9.50. The lowest BCUT2D eigenvalue weighted by Gasteiger charge is -2.17. The van der Waals surface area contributed by atoms with Gasteiger partial charge in [-0.3, -0.25) is 14.4 Å². The Kier molecular flexibility index (Phi) is 5.22.